The van der Waals surface area contributed by atoms with Crippen molar-refractivity contribution >= 4 is 5.78 Å². The summed E-state index contributed by atoms with van der Waals surface area (Å²) in [6.45, 7) is 0. The van der Waals surface area contributed by atoms with Crippen LogP contribution in [0.5, 0.6) is 28.7 Å². The Labute approximate surface area is 107 Å². The zero-order valence-corrected chi connectivity index (χ0v) is 9.53. The molecule has 0 aromatic heterocycles. The number of hydrogen-bond donors (Lipinski definition) is 5. The average molecular weight is 262 g/mol. The lowest BCUT2D eigenvalue weighted by molar-refractivity contribution is 0.103. The molecule has 6 nitrogen and oxygen atoms in total. The molecule has 0 unspecified atom stereocenters. The molecule has 2 rings (SSSR count). The van der Waals surface area contributed by atoms with Crippen molar-refractivity contribution in [3.63, 3.8) is 0 Å². The lowest BCUT2D eigenvalue weighted by Gasteiger charge is -2.10. The molecule has 0 aliphatic heterocycles. The minimum absolute atomic E-state index is 0.154. The molecule has 98 valence electrons. The summed E-state index contributed by atoms with van der Waals surface area (Å²) < 4.78 is 0. The lowest BCUT2D eigenvalue weighted by atomic mass is 10.00. The molecule has 6 heteroatoms. The second-order valence-electron chi connectivity index (χ2n) is 3.83. The van der Waals surface area contributed by atoms with E-state index >= 15 is 0 Å². The van der Waals surface area contributed by atoms with Gasteiger partial charge in [-0.2, -0.15) is 0 Å². The van der Waals surface area contributed by atoms with Crippen LogP contribution in [-0.4, -0.2) is 31.3 Å². The first kappa shape index (κ1) is 12.6. The SMILES string of the molecule is O=C(c1ccccc1O)c1c(O)cc(O)c(O)c1O. The molecule has 0 heterocycles. The first-order chi connectivity index (χ1) is 8.93. The number of hydrogen-bond acceptors (Lipinski definition) is 6. The number of carbonyl (C=O) groups excluding carboxylic acids is 1. The van der Waals surface area contributed by atoms with E-state index in [0.29, 0.717) is 0 Å². The van der Waals surface area contributed by atoms with E-state index in [9.17, 15) is 30.3 Å². The van der Waals surface area contributed by atoms with E-state index in [0.717, 1.165) is 6.07 Å². The standard InChI is InChI=1S/C13H10O6/c14-7-4-2-1-3-6(7)11(17)10-8(15)5-9(16)12(18)13(10)19/h1-5,14-16,18-19H. The zero-order chi connectivity index (χ0) is 14.2. The summed E-state index contributed by atoms with van der Waals surface area (Å²) in [5.41, 5.74) is -0.755. The molecule has 0 spiro atoms. The second-order valence-corrected chi connectivity index (χ2v) is 3.83. The highest BCUT2D eigenvalue weighted by molar-refractivity contribution is 6.14. The minimum atomic E-state index is -0.953. The van der Waals surface area contributed by atoms with Crippen LogP contribution < -0.4 is 0 Å². The van der Waals surface area contributed by atoms with Crippen molar-refractivity contribution in [2.75, 3.05) is 0 Å². The van der Waals surface area contributed by atoms with Gasteiger partial charge in [-0.3, -0.25) is 4.79 Å². The third-order valence-corrected chi connectivity index (χ3v) is 2.61. The molecular formula is C13H10O6. The smallest absolute Gasteiger partial charge is 0.204 e. The Morgan fingerprint density at radius 1 is 0.789 bits per heavy atom. The predicted octanol–water partition coefficient (Wildman–Crippen LogP) is 1.45. The molecule has 19 heavy (non-hydrogen) atoms. The molecule has 0 saturated heterocycles. The number of carbonyl (C=O) groups is 1. The van der Waals surface area contributed by atoms with Gasteiger partial charge in [0, 0.05) is 6.07 Å². The number of para-hydroxylation sites is 1. The maximum Gasteiger partial charge on any atom is 0.204 e. The van der Waals surface area contributed by atoms with Gasteiger partial charge in [-0.25, -0.2) is 0 Å². The molecule has 0 radical (unpaired) electrons. The van der Waals surface area contributed by atoms with E-state index in [2.05, 4.69) is 0 Å². The number of benzene rings is 2. The fourth-order valence-electron chi connectivity index (χ4n) is 1.66. The molecule has 0 saturated carbocycles. The third kappa shape index (κ3) is 1.99. The van der Waals surface area contributed by atoms with E-state index in [1.165, 1.54) is 24.3 Å². The quantitative estimate of drug-likeness (QED) is 0.317. The Kier molecular flexibility index (Phi) is 2.92. The van der Waals surface area contributed by atoms with Gasteiger partial charge in [0.1, 0.15) is 17.1 Å². The number of aromatic hydroxyl groups is 5. The van der Waals surface area contributed by atoms with Gasteiger partial charge in [0.25, 0.3) is 0 Å². The van der Waals surface area contributed by atoms with Crippen molar-refractivity contribution < 1.29 is 30.3 Å². The van der Waals surface area contributed by atoms with Crippen molar-refractivity contribution in [2.24, 2.45) is 0 Å². The van der Waals surface area contributed by atoms with Gasteiger partial charge in [-0.05, 0) is 12.1 Å². The van der Waals surface area contributed by atoms with E-state index < -0.39 is 34.3 Å². The topological polar surface area (TPSA) is 118 Å². The normalized spacial score (nSPS) is 10.3. The Balaban J connectivity index is 2.64. The zero-order valence-electron chi connectivity index (χ0n) is 9.53. The lowest BCUT2D eigenvalue weighted by Crippen LogP contribution is -2.02. The van der Waals surface area contributed by atoms with Gasteiger partial charge in [-0.1, -0.05) is 12.1 Å². The monoisotopic (exact) mass is 262 g/mol. The Hall–Kier alpha value is -2.89. The van der Waals surface area contributed by atoms with E-state index in [1.807, 2.05) is 0 Å². The summed E-state index contributed by atoms with van der Waals surface area (Å²) in [5, 5.41) is 47.3. The summed E-state index contributed by atoms with van der Waals surface area (Å²) in [6.07, 6.45) is 0. The number of phenolic OH excluding ortho intramolecular Hbond substituents is 5. The molecule has 0 aliphatic carbocycles. The highest BCUT2D eigenvalue weighted by atomic mass is 16.3. The third-order valence-electron chi connectivity index (χ3n) is 2.61. The van der Waals surface area contributed by atoms with Crippen LogP contribution in [-0.2, 0) is 0 Å². The summed E-state index contributed by atoms with van der Waals surface area (Å²) >= 11 is 0. The van der Waals surface area contributed by atoms with Crippen LogP contribution in [0.15, 0.2) is 30.3 Å². The van der Waals surface area contributed by atoms with E-state index in [4.69, 9.17) is 0 Å². The van der Waals surface area contributed by atoms with E-state index in [1.54, 1.807) is 0 Å². The van der Waals surface area contributed by atoms with Gasteiger partial charge in [-0.15, -0.1) is 0 Å². The van der Waals surface area contributed by atoms with Crippen molar-refractivity contribution in [2.45, 2.75) is 0 Å². The van der Waals surface area contributed by atoms with Crippen LogP contribution in [0.1, 0.15) is 15.9 Å². The van der Waals surface area contributed by atoms with Crippen LogP contribution >= 0.6 is 0 Å². The maximum atomic E-state index is 12.1. The molecular weight excluding hydrogens is 252 g/mol. The second kappa shape index (κ2) is 4.41. The molecule has 2 aromatic carbocycles. The maximum absolute atomic E-state index is 12.1. The molecule has 0 fully saturated rings. The van der Waals surface area contributed by atoms with Crippen molar-refractivity contribution in [3.05, 3.63) is 41.5 Å². The molecule has 0 bridgehead atoms. The predicted molar refractivity (Wildman–Crippen MR) is 64.6 cm³/mol. The van der Waals surface area contributed by atoms with Crippen LogP contribution in [0.3, 0.4) is 0 Å². The first-order valence-corrected chi connectivity index (χ1v) is 5.23. The molecule has 0 atom stereocenters. The number of rotatable bonds is 2. The Morgan fingerprint density at radius 3 is 2.05 bits per heavy atom. The summed E-state index contributed by atoms with van der Waals surface area (Å²) in [7, 11) is 0. The van der Waals surface area contributed by atoms with Crippen LogP contribution in [0.25, 0.3) is 0 Å². The Morgan fingerprint density at radius 2 is 1.42 bits per heavy atom. The van der Waals surface area contributed by atoms with Crippen LogP contribution in [0.4, 0.5) is 0 Å². The fourth-order valence-corrected chi connectivity index (χ4v) is 1.66. The number of phenols is 5. The molecule has 2 aromatic rings. The number of ketones is 1. The van der Waals surface area contributed by atoms with E-state index in [-0.39, 0.29) is 11.3 Å². The van der Waals surface area contributed by atoms with Crippen molar-refractivity contribution in [1.82, 2.24) is 0 Å². The minimum Gasteiger partial charge on any atom is -0.507 e. The largest absolute Gasteiger partial charge is 0.507 e. The van der Waals surface area contributed by atoms with Gasteiger partial charge in [0.15, 0.2) is 11.5 Å². The van der Waals surface area contributed by atoms with Crippen LogP contribution in [0.2, 0.25) is 0 Å². The molecule has 0 aliphatic rings. The van der Waals surface area contributed by atoms with Crippen LogP contribution in [0, 0.1) is 0 Å². The highest BCUT2D eigenvalue weighted by Gasteiger charge is 2.25. The Bertz CT molecular complexity index is 662. The van der Waals surface area contributed by atoms with Crippen molar-refractivity contribution in [3.8, 4) is 28.7 Å². The van der Waals surface area contributed by atoms with Crippen molar-refractivity contribution in [1.29, 1.82) is 0 Å². The summed E-state index contributed by atoms with van der Waals surface area (Å²) in [6, 6.07) is 6.27. The highest BCUT2D eigenvalue weighted by Crippen LogP contribution is 2.43. The molecule has 0 amide bonds. The van der Waals surface area contributed by atoms with Gasteiger partial charge >= 0.3 is 0 Å². The first-order valence-electron chi connectivity index (χ1n) is 5.23. The summed E-state index contributed by atoms with van der Waals surface area (Å²) in [5.74, 6) is -4.56. The van der Waals surface area contributed by atoms with Gasteiger partial charge < -0.3 is 25.5 Å². The summed E-state index contributed by atoms with van der Waals surface area (Å²) in [4.78, 5) is 12.1. The molecule has 5 N–H and O–H groups in total. The van der Waals surface area contributed by atoms with Gasteiger partial charge in [0.05, 0.1) is 5.56 Å². The van der Waals surface area contributed by atoms with Gasteiger partial charge in [0.2, 0.25) is 11.5 Å². The fraction of sp³-hybridized carbons (Fsp3) is 0. The average Bonchev–Trinajstić information content (AvgIpc) is 2.36.